The average Bonchev–Trinajstić information content (AvgIpc) is 3.48. The Balaban J connectivity index is 1.32. The Morgan fingerprint density at radius 2 is 1.73 bits per heavy atom. The van der Waals surface area contributed by atoms with Gasteiger partial charge in [-0.15, -0.1) is 0 Å². The van der Waals surface area contributed by atoms with Gasteiger partial charge in [0, 0.05) is 43.4 Å². The number of morpholine rings is 1. The number of carbonyl (C=O) groups is 1. The predicted octanol–water partition coefficient (Wildman–Crippen LogP) is 4.66. The molecule has 2 N–H and O–H groups in total. The van der Waals surface area contributed by atoms with E-state index >= 15 is 0 Å². The minimum Gasteiger partial charge on any atom is -0.379 e. The summed E-state index contributed by atoms with van der Waals surface area (Å²) in [6.45, 7) is 14.3. The van der Waals surface area contributed by atoms with E-state index in [0.29, 0.717) is 5.82 Å². The molecule has 2 aromatic heterocycles. The summed E-state index contributed by atoms with van der Waals surface area (Å²) in [7, 11) is -1.68. The maximum absolute atomic E-state index is 13.1. The quantitative estimate of drug-likeness (QED) is 0.351. The lowest BCUT2D eigenvalue weighted by Crippen LogP contribution is -2.39. The van der Waals surface area contributed by atoms with E-state index in [-0.39, 0.29) is 6.03 Å². The summed E-state index contributed by atoms with van der Waals surface area (Å²) in [5.74, 6) is 0.661. The molecule has 194 valence electrons. The Labute approximate surface area is 219 Å². The van der Waals surface area contributed by atoms with Gasteiger partial charge in [0.25, 0.3) is 0 Å². The first-order valence-electron chi connectivity index (χ1n) is 12.9. The number of ether oxygens (including phenoxy) is 1. The number of hydrogen-bond acceptors (Lipinski definition) is 4. The number of urea groups is 1. The third kappa shape index (κ3) is 5.95. The number of aryl methyl sites for hydroxylation is 1. The van der Waals surface area contributed by atoms with Crippen molar-refractivity contribution >= 4 is 41.8 Å². The molecule has 37 heavy (non-hydrogen) atoms. The second kappa shape index (κ2) is 10.5. The van der Waals surface area contributed by atoms with E-state index in [0.717, 1.165) is 67.0 Å². The molecule has 0 spiro atoms. The first-order valence-corrected chi connectivity index (χ1v) is 16.4. The number of carbonyl (C=O) groups excluding carboxylic acids is 1. The molecule has 5 rings (SSSR count). The Hall–Kier alpha value is -3.40. The van der Waals surface area contributed by atoms with Gasteiger partial charge < -0.3 is 14.6 Å². The van der Waals surface area contributed by atoms with Gasteiger partial charge in [0.05, 0.1) is 24.4 Å². The summed E-state index contributed by atoms with van der Waals surface area (Å²) in [5.41, 5.74) is 3.96. The molecular formula is C28H36N6O2Si. The van der Waals surface area contributed by atoms with Gasteiger partial charge in [-0.25, -0.2) is 9.48 Å². The largest absolute Gasteiger partial charge is 0.379 e. The van der Waals surface area contributed by atoms with Crippen LogP contribution in [0.3, 0.4) is 0 Å². The van der Waals surface area contributed by atoms with Crippen LogP contribution in [0.25, 0.3) is 16.6 Å². The summed E-state index contributed by atoms with van der Waals surface area (Å²) >= 11 is 0. The molecule has 1 aliphatic rings. The van der Waals surface area contributed by atoms with E-state index in [4.69, 9.17) is 9.84 Å². The Morgan fingerprint density at radius 3 is 2.46 bits per heavy atom. The van der Waals surface area contributed by atoms with Gasteiger partial charge in [-0.2, -0.15) is 5.10 Å². The number of nitrogens with one attached hydrogen (secondary N) is 2. The van der Waals surface area contributed by atoms with Crippen molar-refractivity contribution < 1.29 is 9.53 Å². The maximum Gasteiger partial charge on any atom is 0.324 e. The van der Waals surface area contributed by atoms with Crippen LogP contribution in [0.15, 0.2) is 60.8 Å². The summed E-state index contributed by atoms with van der Waals surface area (Å²) in [5, 5.41) is 13.1. The van der Waals surface area contributed by atoms with Crippen LogP contribution in [0.4, 0.5) is 16.3 Å². The monoisotopic (exact) mass is 516 g/mol. The van der Waals surface area contributed by atoms with Crippen molar-refractivity contribution in [2.75, 3.05) is 43.5 Å². The lowest BCUT2D eigenvalue weighted by atomic mass is 10.2. The van der Waals surface area contributed by atoms with Crippen molar-refractivity contribution in [2.45, 2.75) is 33.1 Å². The summed E-state index contributed by atoms with van der Waals surface area (Å²) in [6, 6.07) is 18.0. The zero-order valence-corrected chi connectivity index (χ0v) is 23.1. The van der Waals surface area contributed by atoms with Crippen LogP contribution in [0.1, 0.15) is 5.56 Å². The summed E-state index contributed by atoms with van der Waals surface area (Å²) in [6.07, 6.45) is 2.12. The lowest BCUT2D eigenvalue weighted by molar-refractivity contribution is 0.0365. The zero-order valence-electron chi connectivity index (χ0n) is 22.1. The lowest BCUT2D eigenvalue weighted by Gasteiger charge is -2.26. The van der Waals surface area contributed by atoms with Gasteiger partial charge in [-0.3, -0.25) is 10.2 Å². The van der Waals surface area contributed by atoms with Crippen LogP contribution in [-0.4, -0.2) is 66.2 Å². The minimum atomic E-state index is -1.68. The van der Waals surface area contributed by atoms with E-state index < -0.39 is 8.07 Å². The third-order valence-electron chi connectivity index (χ3n) is 6.79. The van der Waals surface area contributed by atoms with Crippen LogP contribution in [0, 0.1) is 6.92 Å². The van der Waals surface area contributed by atoms with Crippen molar-refractivity contribution in [1.82, 2.24) is 19.2 Å². The number of benzene rings is 2. The fourth-order valence-corrected chi connectivity index (χ4v) is 5.50. The Morgan fingerprint density at radius 1 is 0.973 bits per heavy atom. The maximum atomic E-state index is 13.1. The SMILES string of the molecule is Cc1ccc(-n2nc([Si](C)(C)C)cc2NC(=O)Nc2ccc3ccn(CCN4CCOCC4)c3c2)cc1. The number of aromatic nitrogens is 3. The van der Waals surface area contributed by atoms with Gasteiger partial charge in [0.1, 0.15) is 13.9 Å². The molecule has 9 heteroatoms. The van der Waals surface area contributed by atoms with Crippen molar-refractivity contribution in [1.29, 1.82) is 0 Å². The number of hydrogen-bond donors (Lipinski definition) is 2. The summed E-state index contributed by atoms with van der Waals surface area (Å²) in [4.78, 5) is 15.5. The smallest absolute Gasteiger partial charge is 0.324 e. The number of amides is 2. The van der Waals surface area contributed by atoms with Crippen molar-refractivity contribution in [3.8, 4) is 5.69 Å². The van der Waals surface area contributed by atoms with Crippen molar-refractivity contribution in [3.05, 3.63) is 66.4 Å². The van der Waals surface area contributed by atoms with Crippen molar-refractivity contribution in [3.63, 3.8) is 0 Å². The Kier molecular flexibility index (Phi) is 7.19. The second-order valence-corrected chi connectivity index (χ2v) is 15.7. The van der Waals surface area contributed by atoms with E-state index in [9.17, 15) is 4.79 Å². The van der Waals surface area contributed by atoms with E-state index in [2.05, 4.69) is 77.1 Å². The summed E-state index contributed by atoms with van der Waals surface area (Å²) < 4.78 is 9.54. The molecule has 2 amide bonds. The molecular weight excluding hydrogens is 480 g/mol. The highest BCUT2D eigenvalue weighted by Crippen LogP contribution is 2.22. The van der Waals surface area contributed by atoms with Crippen LogP contribution >= 0.6 is 0 Å². The molecule has 0 atom stereocenters. The van der Waals surface area contributed by atoms with Gasteiger partial charge in [0.2, 0.25) is 0 Å². The van der Waals surface area contributed by atoms with Gasteiger partial charge >= 0.3 is 6.03 Å². The van der Waals surface area contributed by atoms with E-state index in [1.165, 1.54) is 5.56 Å². The first kappa shape index (κ1) is 25.3. The standard InChI is InChI=1S/C28H36N6O2Si/c1-21-5-9-24(10-6-21)34-26(20-27(31-34)37(2,3)4)30-28(35)29-23-8-7-22-11-12-33(25(22)19-23)14-13-32-15-17-36-18-16-32/h5-12,19-20H,13-18H2,1-4H3,(H2,29,30,35). The van der Waals surface area contributed by atoms with Gasteiger partial charge in [-0.05, 0) is 48.7 Å². The third-order valence-corrected chi connectivity index (χ3v) is 8.57. The highest BCUT2D eigenvalue weighted by molar-refractivity contribution is 6.88. The molecule has 4 aromatic rings. The normalized spacial score (nSPS) is 14.7. The predicted molar refractivity (Wildman–Crippen MR) is 153 cm³/mol. The number of nitrogens with zero attached hydrogens (tertiary/aromatic N) is 4. The van der Waals surface area contributed by atoms with Gasteiger partial charge in [-0.1, -0.05) is 43.4 Å². The first-order chi connectivity index (χ1) is 17.8. The highest BCUT2D eigenvalue weighted by Gasteiger charge is 2.23. The topological polar surface area (TPSA) is 76.4 Å². The van der Waals surface area contributed by atoms with Crippen LogP contribution in [-0.2, 0) is 11.3 Å². The molecule has 1 saturated heterocycles. The Bertz CT molecular complexity index is 1380. The molecule has 3 heterocycles. The molecule has 0 radical (unpaired) electrons. The molecule has 0 bridgehead atoms. The van der Waals surface area contributed by atoms with Crippen LogP contribution < -0.4 is 16.0 Å². The fraction of sp³-hybridized carbons (Fsp3) is 0.357. The molecule has 0 saturated carbocycles. The van der Waals surface area contributed by atoms with E-state index in [1.54, 1.807) is 0 Å². The van der Waals surface area contributed by atoms with Crippen molar-refractivity contribution in [2.24, 2.45) is 0 Å². The van der Waals surface area contributed by atoms with E-state index in [1.807, 2.05) is 35.0 Å². The molecule has 0 aliphatic carbocycles. The molecule has 0 unspecified atom stereocenters. The second-order valence-electron chi connectivity index (χ2n) is 10.7. The number of rotatable bonds is 7. The highest BCUT2D eigenvalue weighted by atomic mass is 28.3. The van der Waals surface area contributed by atoms with Crippen LogP contribution in [0.2, 0.25) is 19.6 Å². The minimum absolute atomic E-state index is 0.291. The zero-order chi connectivity index (χ0) is 26.0. The molecule has 1 fully saturated rings. The van der Waals surface area contributed by atoms with Crippen LogP contribution in [0.5, 0.6) is 0 Å². The molecule has 1 aliphatic heterocycles. The average molecular weight is 517 g/mol. The fourth-order valence-electron chi connectivity index (χ4n) is 4.53. The van der Waals surface area contributed by atoms with Gasteiger partial charge in [0.15, 0.2) is 0 Å². The number of fused-ring (bicyclic) bond motifs is 1. The number of anilines is 2. The molecule has 8 nitrogen and oxygen atoms in total. The molecule has 2 aromatic carbocycles.